The van der Waals surface area contributed by atoms with Crippen LogP contribution in [0, 0.1) is 5.41 Å². The predicted octanol–water partition coefficient (Wildman–Crippen LogP) is 2.03. The second-order valence-corrected chi connectivity index (χ2v) is 6.65. The van der Waals surface area contributed by atoms with Gasteiger partial charge < -0.3 is 14.8 Å². The number of rotatable bonds is 2. The summed E-state index contributed by atoms with van der Waals surface area (Å²) in [5, 5.41) is 3.49. The number of ether oxygens (including phenoxy) is 2. The molecule has 0 saturated carbocycles. The Hall–Kier alpha value is -1.26. The van der Waals surface area contributed by atoms with Crippen molar-refractivity contribution in [2.24, 2.45) is 5.41 Å². The van der Waals surface area contributed by atoms with Crippen molar-refractivity contribution in [3.8, 4) is 11.5 Å². The fourth-order valence-electron chi connectivity index (χ4n) is 4.03. The van der Waals surface area contributed by atoms with E-state index in [1.54, 1.807) is 0 Å². The normalized spacial score (nSPS) is 24.4. The van der Waals surface area contributed by atoms with Gasteiger partial charge >= 0.3 is 0 Å². The van der Waals surface area contributed by atoms with Crippen molar-refractivity contribution in [1.29, 1.82) is 0 Å². The molecular weight excluding hydrogens is 264 g/mol. The third-order valence-electron chi connectivity index (χ3n) is 5.22. The molecule has 1 N–H and O–H groups in total. The first-order valence-electron chi connectivity index (χ1n) is 8.15. The van der Waals surface area contributed by atoms with Crippen molar-refractivity contribution >= 4 is 0 Å². The van der Waals surface area contributed by atoms with Gasteiger partial charge in [-0.05, 0) is 50.4 Å². The fourth-order valence-corrected chi connectivity index (χ4v) is 4.03. The van der Waals surface area contributed by atoms with Crippen LogP contribution < -0.4 is 14.8 Å². The monoisotopic (exact) mass is 288 g/mol. The summed E-state index contributed by atoms with van der Waals surface area (Å²) in [5.41, 5.74) is 1.84. The van der Waals surface area contributed by atoms with E-state index in [1.807, 2.05) is 6.07 Å². The zero-order chi connectivity index (χ0) is 14.1. The molecule has 4 nitrogen and oxygen atoms in total. The molecule has 0 amide bonds. The largest absolute Gasteiger partial charge is 0.486 e. The summed E-state index contributed by atoms with van der Waals surface area (Å²) in [5.74, 6) is 1.88. The van der Waals surface area contributed by atoms with Crippen molar-refractivity contribution in [3.63, 3.8) is 0 Å². The average Bonchev–Trinajstić information content (AvgIpc) is 2.91. The van der Waals surface area contributed by atoms with Crippen LogP contribution in [-0.2, 0) is 6.54 Å². The number of fused-ring (bicyclic) bond motifs is 1. The number of nitrogens with one attached hydrogen (secondary N) is 1. The third-order valence-corrected chi connectivity index (χ3v) is 5.22. The first-order valence-corrected chi connectivity index (χ1v) is 8.15. The lowest BCUT2D eigenvalue weighted by Crippen LogP contribution is -2.38. The van der Waals surface area contributed by atoms with Gasteiger partial charge in [0.15, 0.2) is 11.5 Å². The number of hydrogen-bond donors (Lipinski definition) is 1. The van der Waals surface area contributed by atoms with Crippen molar-refractivity contribution in [1.82, 2.24) is 10.2 Å². The molecule has 1 spiro atoms. The lowest BCUT2D eigenvalue weighted by atomic mass is 9.78. The van der Waals surface area contributed by atoms with E-state index in [2.05, 4.69) is 22.3 Å². The summed E-state index contributed by atoms with van der Waals surface area (Å²) in [6, 6.07) is 6.27. The van der Waals surface area contributed by atoms with Crippen LogP contribution in [0.3, 0.4) is 0 Å². The fraction of sp³-hybridized carbons (Fsp3) is 0.647. The number of nitrogens with zero attached hydrogens (tertiary/aromatic N) is 1. The number of piperidine rings is 1. The smallest absolute Gasteiger partial charge is 0.165 e. The molecule has 0 aromatic heterocycles. The molecule has 1 aromatic carbocycles. The maximum atomic E-state index is 5.84. The standard InChI is InChI=1S/C17H24N2O2/c1-2-14(16-15(3-1)20-10-11-21-16)12-19-9-6-17(13-19)4-7-18-8-5-17/h1-3,18H,4-13H2. The van der Waals surface area contributed by atoms with Crippen LogP contribution in [0.25, 0.3) is 0 Å². The Morgan fingerprint density at radius 3 is 2.86 bits per heavy atom. The number of para-hydroxylation sites is 1. The SMILES string of the molecule is c1cc(CN2CCC3(CCNCC3)C2)c2c(c1)OCCO2. The molecule has 3 aliphatic rings. The van der Waals surface area contributed by atoms with Gasteiger partial charge in [-0.1, -0.05) is 12.1 Å². The van der Waals surface area contributed by atoms with E-state index in [9.17, 15) is 0 Å². The molecule has 0 unspecified atom stereocenters. The first kappa shape index (κ1) is 13.4. The van der Waals surface area contributed by atoms with E-state index in [-0.39, 0.29) is 0 Å². The second kappa shape index (κ2) is 5.50. The van der Waals surface area contributed by atoms with E-state index in [0.717, 1.165) is 18.0 Å². The van der Waals surface area contributed by atoms with Gasteiger partial charge in [0.25, 0.3) is 0 Å². The molecule has 4 rings (SSSR count). The first-order chi connectivity index (χ1) is 10.3. The van der Waals surface area contributed by atoms with Crippen LogP contribution in [0.15, 0.2) is 18.2 Å². The molecular formula is C17H24N2O2. The summed E-state index contributed by atoms with van der Waals surface area (Å²) in [6.45, 7) is 7.14. The molecule has 0 bridgehead atoms. The minimum absolute atomic E-state index is 0.567. The van der Waals surface area contributed by atoms with Gasteiger partial charge in [-0.25, -0.2) is 0 Å². The summed E-state index contributed by atoms with van der Waals surface area (Å²) in [7, 11) is 0. The zero-order valence-electron chi connectivity index (χ0n) is 12.6. The van der Waals surface area contributed by atoms with Gasteiger partial charge in [-0.15, -0.1) is 0 Å². The van der Waals surface area contributed by atoms with E-state index in [1.165, 1.54) is 51.0 Å². The summed E-state index contributed by atoms with van der Waals surface area (Å²) >= 11 is 0. The minimum atomic E-state index is 0.567. The molecule has 21 heavy (non-hydrogen) atoms. The highest BCUT2D eigenvalue weighted by Gasteiger charge is 2.38. The van der Waals surface area contributed by atoms with Crippen LogP contribution in [0.4, 0.5) is 0 Å². The van der Waals surface area contributed by atoms with E-state index < -0.39 is 0 Å². The van der Waals surface area contributed by atoms with Crippen LogP contribution in [0.5, 0.6) is 11.5 Å². The number of likely N-dealkylation sites (tertiary alicyclic amines) is 1. The highest BCUT2D eigenvalue weighted by atomic mass is 16.6. The van der Waals surface area contributed by atoms with E-state index in [0.29, 0.717) is 18.6 Å². The summed E-state index contributed by atoms with van der Waals surface area (Å²) < 4.78 is 11.5. The second-order valence-electron chi connectivity index (χ2n) is 6.65. The number of hydrogen-bond acceptors (Lipinski definition) is 4. The van der Waals surface area contributed by atoms with Crippen LogP contribution in [-0.4, -0.2) is 44.3 Å². The highest BCUT2D eigenvalue weighted by molar-refractivity contribution is 5.47. The summed E-state index contributed by atoms with van der Waals surface area (Å²) in [4.78, 5) is 2.60. The van der Waals surface area contributed by atoms with Gasteiger partial charge in [-0.3, -0.25) is 4.90 Å². The summed E-state index contributed by atoms with van der Waals surface area (Å²) in [6.07, 6.45) is 4.01. The number of benzene rings is 1. The lowest BCUT2D eigenvalue weighted by Gasteiger charge is -2.34. The maximum Gasteiger partial charge on any atom is 0.165 e. The quantitative estimate of drug-likeness (QED) is 0.903. The molecule has 4 heteroatoms. The Kier molecular flexibility index (Phi) is 3.51. The molecule has 3 aliphatic heterocycles. The van der Waals surface area contributed by atoms with Crippen LogP contribution >= 0.6 is 0 Å². The van der Waals surface area contributed by atoms with Gasteiger partial charge in [0.05, 0.1) is 0 Å². The Balaban J connectivity index is 1.47. The molecule has 114 valence electrons. The topological polar surface area (TPSA) is 33.7 Å². The van der Waals surface area contributed by atoms with Gasteiger partial charge in [0.2, 0.25) is 0 Å². The van der Waals surface area contributed by atoms with E-state index >= 15 is 0 Å². The van der Waals surface area contributed by atoms with Crippen molar-refractivity contribution in [3.05, 3.63) is 23.8 Å². The van der Waals surface area contributed by atoms with Crippen LogP contribution in [0.2, 0.25) is 0 Å². The predicted molar refractivity (Wildman–Crippen MR) is 81.9 cm³/mol. The average molecular weight is 288 g/mol. The molecule has 2 fully saturated rings. The Labute approximate surface area is 126 Å². The molecule has 2 saturated heterocycles. The Morgan fingerprint density at radius 1 is 1.10 bits per heavy atom. The molecule has 0 atom stereocenters. The molecule has 3 heterocycles. The lowest BCUT2D eigenvalue weighted by molar-refractivity contribution is 0.165. The van der Waals surface area contributed by atoms with Gasteiger partial charge in [0.1, 0.15) is 13.2 Å². The zero-order valence-corrected chi connectivity index (χ0v) is 12.6. The van der Waals surface area contributed by atoms with Gasteiger partial charge in [-0.2, -0.15) is 0 Å². The molecule has 0 radical (unpaired) electrons. The highest BCUT2D eigenvalue weighted by Crippen LogP contribution is 2.40. The van der Waals surface area contributed by atoms with Crippen molar-refractivity contribution in [2.45, 2.75) is 25.8 Å². The molecule has 0 aliphatic carbocycles. The van der Waals surface area contributed by atoms with Crippen LogP contribution in [0.1, 0.15) is 24.8 Å². The molecule has 1 aromatic rings. The Bertz CT molecular complexity index is 512. The third kappa shape index (κ3) is 2.62. The van der Waals surface area contributed by atoms with E-state index in [4.69, 9.17) is 9.47 Å². The van der Waals surface area contributed by atoms with Gasteiger partial charge in [0, 0.05) is 18.7 Å². The van der Waals surface area contributed by atoms with Crippen molar-refractivity contribution < 1.29 is 9.47 Å². The van der Waals surface area contributed by atoms with Crippen molar-refractivity contribution in [2.75, 3.05) is 39.4 Å². The Morgan fingerprint density at radius 2 is 1.95 bits per heavy atom. The maximum absolute atomic E-state index is 5.84. The minimum Gasteiger partial charge on any atom is -0.486 e.